The Morgan fingerprint density at radius 1 is 1.13 bits per heavy atom. The first-order chi connectivity index (χ1) is 14.2. The van der Waals surface area contributed by atoms with Gasteiger partial charge in [0.1, 0.15) is 16.5 Å². The molecule has 0 saturated heterocycles. The van der Waals surface area contributed by atoms with Crippen LogP contribution in [0.4, 0.5) is 30.4 Å². The van der Waals surface area contributed by atoms with E-state index in [1.54, 1.807) is 6.07 Å². The van der Waals surface area contributed by atoms with Crippen LogP contribution in [0.1, 0.15) is 16.1 Å². The van der Waals surface area contributed by atoms with Crippen molar-refractivity contribution < 1.29 is 22.7 Å². The second-order valence-electron chi connectivity index (χ2n) is 5.70. The molecule has 156 valence electrons. The number of carbonyl (C=O) groups is 1. The molecule has 0 radical (unpaired) electrons. The summed E-state index contributed by atoms with van der Waals surface area (Å²) in [6.45, 7) is 0. The maximum absolute atomic E-state index is 13.2. The highest BCUT2D eigenvalue weighted by Crippen LogP contribution is 2.35. The number of nitrogens with one attached hydrogen (secondary N) is 1. The third kappa shape index (κ3) is 4.72. The molecule has 1 amide bonds. The Morgan fingerprint density at radius 3 is 2.47 bits per heavy atom. The molecule has 9 nitrogen and oxygen atoms in total. The summed E-state index contributed by atoms with van der Waals surface area (Å²) in [5, 5.41) is 3.29. The first kappa shape index (κ1) is 21.2. The van der Waals surface area contributed by atoms with E-state index in [1.165, 1.54) is 19.4 Å². The molecule has 0 spiro atoms. The molecule has 0 aliphatic carbocycles. The number of anilines is 3. The van der Waals surface area contributed by atoms with Gasteiger partial charge in [0.05, 0.1) is 37.0 Å². The Balaban J connectivity index is 1.99. The Bertz CT molecular complexity index is 1050. The van der Waals surface area contributed by atoms with Crippen LogP contribution >= 0.6 is 11.6 Å². The molecule has 0 atom stereocenters. The van der Waals surface area contributed by atoms with Crippen LogP contribution in [0.25, 0.3) is 0 Å². The fourth-order valence-electron chi connectivity index (χ4n) is 2.26. The molecule has 3 heterocycles. The van der Waals surface area contributed by atoms with Gasteiger partial charge in [-0.15, -0.1) is 0 Å². The lowest BCUT2D eigenvalue weighted by Crippen LogP contribution is -2.38. The number of carbonyl (C=O) groups excluding carboxylic acids is 1. The molecule has 3 rings (SSSR count). The molecule has 0 saturated carbocycles. The van der Waals surface area contributed by atoms with E-state index in [-0.39, 0.29) is 22.4 Å². The largest absolute Gasteiger partial charge is 0.481 e. The molecule has 0 fully saturated rings. The number of hydrogen-bond donors (Lipinski definition) is 2. The average Bonchev–Trinajstić information content (AvgIpc) is 2.73. The van der Waals surface area contributed by atoms with E-state index < -0.39 is 17.6 Å². The second kappa shape index (κ2) is 8.47. The highest BCUT2D eigenvalue weighted by Gasteiger charge is 2.33. The van der Waals surface area contributed by atoms with Gasteiger partial charge in [0.2, 0.25) is 5.88 Å². The lowest BCUT2D eigenvalue weighted by molar-refractivity contribution is -0.137. The molecule has 3 aromatic heterocycles. The van der Waals surface area contributed by atoms with Crippen LogP contribution in [-0.2, 0) is 6.18 Å². The molecule has 30 heavy (non-hydrogen) atoms. The van der Waals surface area contributed by atoms with E-state index in [2.05, 4.69) is 25.3 Å². The number of rotatable bonds is 5. The van der Waals surface area contributed by atoms with Crippen LogP contribution in [0.15, 0.2) is 43.0 Å². The summed E-state index contributed by atoms with van der Waals surface area (Å²) in [4.78, 5) is 27.8. The Hall–Kier alpha value is -3.51. The minimum atomic E-state index is -4.70. The van der Waals surface area contributed by atoms with Crippen molar-refractivity contribution in [2.75, 3.05) is 17.4 Å². The number of methoxy groups -OCH3 is 1. The molecular formula is C17H13ClF3N7O2. The third-order valence-corrected chi connectivity index (χ3v) is 3.92. The predicted octanol–water partition coefficient (Wildman–Crippen LogP) is 3.21. The summed E-state index contributed by atoms with van der Waals surface area (Å²) in [6, 6.07) is 3.77. The van der Waals surface area contributed by atoms with Gasteiger partial charge in [0, 0.05) is 12.3 Å². The Kier molecular flexibility index (Phi) is 5.99. The second-order valence-corrected chi connectivity index (χ2v) is 6.09. The number of hydrogen-bond acceptors (Lipinski definition) is 8. The number of pyridine rings is 2. The number of hydrazine groups is 1. The average molecular weight is 440 g/mol. The van der Waals surface area contributed by atoms with Gasteiger partial charge in [-0.2, -0.15) is 13.2 Å². The Labute approximate surface area is 172 Å². The topological polar surface area (TPSA) is 119 Å². The first-order valence-corrected chi connectivity index (χ1v) is 8.48. The van der Waals surface area contributed by atoms with Gasteiger partial charge >= 0.3 is 6.18 Å². The van der Waals surface area contributed by atoms with Crippen LogP contribution in [0.3, 0.4) is 0 Å². The van der Waals surface area contributed by atoms with Crippen LogP contribution in [0.2, 0.25) is 5.15 Å². The zero-order valence-corrected chi connectivity index (χ0v) is 15.9. The first-order valence-electron chi connectivity index (χ1n) is 8.10. The van der Waals surface area contributed by atoms with E-state index in [9.17, 15) is 18.0 Å². The minimum Gasteiger partial charge on any atom is -0.481 e. The fraction of sp³-hybridized carbons (Fsp3) is 0.118. The summed E-state index contributed by atoms with van der Waals surface area (Å²) in [7, 11) is 1.43. The quantitative estimate of drug-likeness (QED) is 0.353. The number of alkyl halides is 3. The molecular weight excluding hydrogens is 427 g/mol. The van der Waals surface area contributed by atoms with Crippen LogP contribution < -0.4 is 20.9 Å². The van der Waals surface area contributed by atoms with E-state index in [0.29, 0.717) is 28.8 Å². The van der Waals surface area contributed by atoms with Gasteiger partial charge in [-0.05, 0) is 12.1 Å². The van der Waals surface area contributed by atoms with Crippen LogP contribution in [-0.4, -0.2) is 33.0 Å². The molecule has 0 unspecified atom stereocenters. The molecule has 3 aromatic rings. The number of nitrogens with zero attached hydrogens (tertiary/aromatic N) is 5. The zero-order valence-electron chi connectivity index (χ0n) is 15.2. The SMILES string of the molecule is COc1ccc(Nc2ncc(C(F)(F)F)cc2N(N)C(=O)c2cnc(Cl)cn2)cn1. The van der Waals surface area contributed by atoms with Gasteiger partial charge in [-0.3, -0.25) is 4.79 Å². The number of aromatic nitrogens is 4. The summed E-state index contributed by atoms with van der Waals surface area (Å²) in [6.07, 6.45) is -0.564. The highest BCUT2D eigenvalue weighted by molar-refractivity contribution is 6.29. The molecule has 0 aliphatic rings. The van der Waals surface area contributed by atoms with Gasteiger partial charge in [-0.1, -0.05) is 11.6 Å². The monoisotopic (exact) mass is 439 g/mol. The smallest absolute Gasteiger partial charge is 0.417 e. The predicted molar refractivity (Wildman–Crippen MR) is 101 cm³/mol. The van der Waals surface area contributed by atoms with Gasteiger partial charge in [0.25, 0.3) is 5.91 Å². The molecule has 0 aromatic carbocycles. The zero-order chi connectivity index (χ0) is 21.9. The number of halogens is 4. The van der Waals surface area contributed by atoms with Crippen molar-refractivity contribution in [3.8, 4) is 5.88 Å². The van der Waals surface area contributed by atoms with Gasteiger partial charge in [0.15, 0.2) is 5.82 Å². The molecule has 0 aliphatic heterocycles. The lowest BCUT2D eigenvalue weighted by atomic mass is 10.2. The van der Waals surface area contributed by atoms with Crippen molar-refractivity contribution in [3.63, 3.8) is 0 Å². The van der Waals surface area contributed by atoms with Crippen molar-refractivity contribution >= 4 is 34.7 Å². The van der Waals surface area contributed by atoms with E-state index in [4.69, 9.17) is 22.2 Å². The van der Waals surface area contributed by atoms with Crippen molar-refractivity contribution in [1.29, 1.82) is 0 Å². The third-order valence-electron chi connectivity index (χ3n) is 3.72. The van der Waals surface area contributed by atoms with Crippen molar-refractivity contribution in [2.24, 2.45) is 5.84 Å². The molecule has 13 heteroatoms. The number of amides is 1. The van der Waals surface area contributed by atoms with Crippen molar-refractivity contribution in [3.05, 3.63) is 59.4 Å². The van der Waals surface area contributed by atoms with E-state index in [0.717, 1.165) is 12.4 Å². The van der Waals surface area contributed by atoms with Crippen LogP contribution in [0, 0.1) is 0 Å². The number of ether oxygens (including phenoxy) is 1. The van der Waals surface area contributed by atoms with Crippen molar-refractivity contribution in [1.82, 2.24) is 19.9 Å². The fourth-order valence-corrected chi connectivity index (χ4v) is 2.35. The normalized spacial score (nSPS) is 11.1. The summed E-state index contributed by atoms with van der Waals surface area (Å²) < 4.78 is 44.5. The summed E-state index contributed by atoms with van der Waals surface area (Å²) >= 11 is 5.63. The van der Waals surface area contributed by atoms with Gasteiger partial charge < -0.3 is 10.1 Å². The minimum absolute atomic E-state index is 0.0326. The highest BCUT2D eigenvalue weighted by atomic mass is 35.5. The van der Waals surface area contributed by atoms with E-state index in [1.807, 2.05) is 0 Å². The van der Waals surface area contributed by atoms with Gasteiger partial charge in [-0.25, -0.2) is 30.8 Å². The lowest BCUT2D eigenvalue weighted by Gasteiger charge is -2.21. The maximum Gasteiger partial charge on any atom is 0.417 e. The maximum atomic E-state index is 13.2. The molecule has 3 N–H and O–H groups in total. The standard InChI is InChI=1S/C17H13ClF3N7O2/c1-30-14-3-2-10(6-25-14)27-15-12(4-9(5-26-15)17(19,20)21)28(22)16(29)11-7-24-13(18)8-23-11/h2-8H,22H2,1H3,(H,26,27). The Morgan fingerprint density at radius 2 is 1.90 bits per heavy atom. The van der Waals surface area contributed by atoms with Crippen LogP contribution in [0.5, 0.6) is 5.88 Å². The summed E-state index contributed by atoms with van der Waals surface area (Å²) in [5.74, 6) is 5.11. The summed E-state index contributed by atoms with van der Waals surface area (Å²) in [5.41, 5.74) is -1.29. The number of nitrogens with two attached hydrogens (primary N) is 1. The molecule has 0 bridgehead atoms. The van der Waals surface area contributed by atoms with Crippen molar-refractivity contribution in [2.45, 2.75) is 6.18 Å². The van der Waals surface area contributed by atoms with E-state index >= 15 is 0 Å².